The van der Waals surface area contributed by atoms with Gasteiger partial charge in [-0.3, -0.25) is 0 Å². The number of aromatic amines is 1. The Bertz CT molecular complexity index is 953. The largest absolute Gasteiger partial charge is 0.508 e. The second kappa shape index (κ2) is 5.15. The van der Waals surface area contributed by atoms with Crippen LogP contribution in [0.25, 0.3) is 10.9 Å². The van der Waals surface area contributed by atoms with Gasteiger partial charge in [0.25, 0.3) is 0 Å². The van der Waals surface area contributed by atoms with Crippen molar-refractivity contribution in [3.63, 3.8) is 0 Å². The summed E-state index contributed by atoms with van der Waals surface area (Å²) in [6.45, 7) is 3.39. The van der Waals surface area contributed by atoms with Crippen LogP contribution in [-0.2, 0) is 16.0 Å². The summed E-state index contributed by atoms with van der Waals surface area (Å²) in [5.74, 6) is 0.253. The molecule has 5 nitrogen and oxygen atoms in total. The average molecular weight is 336 g/mol. The van der Waals surface area contributed by atoms with E-state index < -0.39 is 0 Å². The number of ether oxygens (including phenoxy) is 1. The van der Waals surface area contributed by atoms with Gasteiger partial charge in [0.1, 0.15) is 5.75 Å². The fraction of sp³-hybridized carbons (Fsp3) is 0.350. The van der Waals surface area contributed by atoms with Crippen LogP contribution in [0.4, 0.5) is 0 Å². The Kier molecular flexibility index (Phi) is 3.02. The van der Waals surface area contributed by atoms with Gasteiger partial charge in [-0.25, -0.2) is 4.79 Å². The van der Waals surface area contributed by atoms with Gasteiger partial charge in [0.05, 0.1) is 18.2 Å². The van der Waals surface area contributed by atoms with Gasteiger partial charge in [0.2, 0.25) is 0 Å². The first-order valence-electron chi connectivity index (χ1n) is 8.81. The highest BCUT2D eigenvalue weighted by Gasteiger charge is 2.42. The summed E-state index contributed by atoms with van der Waals surface area (Å²) in [6.07, 6.45) is 5.90. The molecule has 0 bridgehead atoms. The molecule has 25 heavy (non-hydrogen) atoms. The molecule has 0 saturated carbocycles. The second-order valence-electron chi connectivity index (χ2n) is 6.99. The zero-order valence-electron chi connectivity index (χ0n) is 14.1. The number of carbonyl (C=O) groups is 1. The van der Waals surface area contributed by atoms with Crippen molar-refractivity contribution in [3.8, 4) is 5.75 Å². The van der Waals surface area contributed by atoms with Gasteiger partial charge in [-0.1, -0.05) is 6.08 Å². The molecule has 0 radical (unpaired) electrons. The number of nitrogens with one attached hydrogen (secondary N) is 1. The molecule has 1 saturated heterocycles. The third-order valence-corrected chi connectivity index (χ3v) is 5.75. The number of hydrogen-bond donors (Lipinski definition) is 2. The summed E-state index contributed by atoms with van der Waals surface area (Å²) in [4.78, 5) is 18.0. The maximum absolute atomic E-state index is 12.2. The molecule has 3 aliphatic rings. The summed E-state index contributed by atoms with van der Waals surface area (Å²) in [5.41, 5.74) is 5.58. The number of nitrogens with zero attached hydrogens (tertiary/aromatic N) is 1. The van der Waals surface area contributed by atoms with Gasteiger partial charge in [0.15, 0.2) is 0 Å². The minimum atomic E-state index is -0.179. The summed E-state index contributed by atoms with van der Waals surface area (Å²) in [7, 11) is 0. The van der Waals surface area contributed by atoms with E-state index in [2.05, 4.69) is 22.9 Å². The summed E-state index contributed by atoms with van der Waals surface area (Å²) in [5, 5.41) is 11.0. The van der Waals surface area contributed by atoms with E-state index in [-0.39, 0.29) is 17.9 Å². The molecule has 1 fully saturated rings. The molecule has 4 heterocycles. The van der Waals surface area contributed by atoms with E-state index in [0.717, 1.165) is 35.9 Å². The number of esters is 1. The molecular weight excluding hydrogens is 316 g/mol. The minimum absolute atomic E-state index is 0.128. The number of phenols is 1. The number of cyclic esters (lactones) is 1. The molecule has 5 rings (SSSR count). The quantitative estimate of drug-likeness (QED) is 0.573. The number of aromatic hydroxyl groups is 1. The number of phenolic OH excluding ortho intramolecular Hbond substituents is 1. The zero-order chi connectivity index (χ0) is 17.1. The molecule has 1 aromatic carbocycles. The lowest BCUT2D eigenvalue weighted by Crippen LogP contribution is -2.41. The molecule has 0 unspecified atom stereocenters. The van der Waals surface area contributed by atoms with Crippen molar-refractivity contribution in [2.75, 3.05) is 13.2 Å². The van der Waals surface area contributed by atoms with Crippen molar-refractivity contribution >= 4 is 16.9 Å². The fourth-order valence-corrected chi connectivity index (χ4v) is 4.66. The lowest BCUT2D eigenvalue weighted by molar-refractivity contribution is -0.142. The van der Waals surface area contributed by atoms with E-state index in [9.17, 15) is 9.90 Å². The van der Waals surface area contributed by atoms with Crippen LogP contribution in [0, 0.1) is 5.92 Å². The third-order valence-electron chi connectivity index (χ3n) is 5.75. The van der Waals surface area contributed by atoms with Crippen LogP contribution in [0.15, 0.2) is 41.6 Å². The predicted molar refractivity (Wildman–Crippen MR) is 94.0 cm³/mol. The number of fused-ring (bicyclic) bond motifs is 6. The number of benzene rings is 1. The van der Waals surface area contributed by atoms with Gasteiger partial charge in [-0.15, -0.1) is 0 Å². The van der Waals surface area contributed by atoms with Crippen LogP contribution < -0.4 is 0 Å². The van der Waals surface area contributed by atoms with Gasteiger partial charge in [0, 0.05) is 35.3 Å². The van der Waals surface area contributed by atoms with Gasteiger partial charge in [-0.05, 0) is 49.1 Å². The van der Waals surface area contributed by atoms with Crippen molar-refractivity contribution in [3.05, 3.63) is 52.9 Å². The van der Waals surface area contributed by atoms with E-state index in [1.54, 1.807) is 6.07 Å². The maximum Gasteiger partial charge on any atom is 0.336 e. The van der Waals surface area contributed by atoms with Gasteiger partial charge in [-0.2, -0.15) is 0 Å². The molecule has 1 aromatic heterocycles. The smallest absolute Gasteiger partial charge is 0.336 e. The summed E-state index contributed by atoms with van der Waals surface area (Å²) >= 11 is 0. The topological polar surface area (TPSA) is 65.6 Å². The molecule has 2 N–H and O–H groups in total. The van der Waals surface area contributed by atoms with Crippen LogP contribution >= 0.6 is 0 Å². The number of H-pyrrole nitrogens is 1. The third kappa shape index (κ3) is 1.98. The zero-order valence-corrected chi connectivity index (χ0v) is 14.1. The first-order valence-corrected chi connectivity index (χ1v) is 8.81. The second-order valence-corrected chi connectivity index (χ2v) is 6.99. The molecule has 3 aliphatic heterocycles. The van der Waals surface area contributed by atoms with E-state index in [1.807, 2.05) is 18.3 Å². The molecule has 5 heteroatoms. The molecular formula is C20H20N2O3. The standard InChI is InChI=1S/C20H20N2O3/c1-2-12-13-6-8-25-20(24)16(13)10-22-7-5-14-15-9-11(23)3-4-17(15)21-18(14)19(12)22/h2-4,9-10,13,19,21,23H,5-8H2,1H3/b12-2+/t13-,19-/m0/s1. The van der Waals surface area contributed by atoms with E-state index in [1.165, 1.54) is 16.8 Å². The van der Waals surface area contributed by atoms with E-state index >= 15 is 0 Å². The number of carbonyl (C=O) groups excluding carboxylic acids is 1. The lowest BCUT2D eigenvalue weighted by atomic mass is 9.77. The minimum Gasteiger partial charge on any atom is -0.508 e. The van der Waals surface area contributed by atoms with Crippen LogP contribution in [0.5, 0.6) is 5.75 Å². The monoisotopic (exact) mass is 336 g/mol. The fourth-order valence-electron chi connectivity index (χ4n) is 4.66. The van der Waals surface area contributed by atoms with Gasteiger partial charge < -0.3 is 19.7 Å². The normalized spacial score (nSPS) is 26.8. The molecule has 0 aliphatic carbocycles. The van der Waals surface area contributed by atoms with E-state index in [0.29, 0.717) is 12.4 Å². The van der Waals surface area contributed by atoms with Crippen LogP contribution in [0.2, 0.25) is 0 Å². The van der Waals surface area contributed by atoms with Crippen molar-refractivity contribution in [2.24, 2.45) is 5.92 Å². The predicted octanol–water partition coefficient (Wildman–Crippen LogP) is 3.18. The van der Waals surface area contributed by atoms with Crippen molar-refractivity contribution in [1.29, 1.82) is 0 Å². The van der Waals surface area contributed by atoms with Crippen LogP contribution in [-0.4, -0.2) is 34.1 Å². The number of allylic oxidation sites excluding steroid dienone is 1. The molecule has 2 atom stereocenters. The Morgan fingerprint density at radius 2 is 2.28 bits per heavy atom. The number of aromatic nitrogens is 1. The first kappa shape index (κ1) is 14.6. The molecule has 0 amide bonds. The Hall–Kier alpha value is -2.69. The Balaban J connectivity index is 1.70. The lowest BCUT2D eigenvalue weighted by Gasteiger charge is -2.44. The Morgan fingerprint density at radius 3 is 3.12 bits per heavy atom. The van der Waals surface area contributed by atoms with Crippen molar-refractivity contribution < 1.29 is 14.6 Å². The van der Waals surface area contributed by atoms with Crippen LogP contribution in [0.1, 0.15) is 30.6 Å². The van der Waals surface area contributed by atoms with E-state index in [4.69, 9.17) is 4.74 Å². The highest BCUT2D eigenvalue weighted by Crippen LogP contribution is 2.47. The summed E-state index contributed by atoms with van der Waals surface area (Å²) < 4.78 is 5.25. The van der Waals surface area contributed by atoms with Gasteiger partial charge >= 0.3 is 5.97 Å². The number of rotatable bonds is 0. The van der Waals surface area contributed by atoms with Crippen LogP contribution in [0.3, 0.4) is 0 Å². The molecule has 2 aromatic rings. The SMILES string of the molecule is C/C=C1\[C@@H]2CCOC(=O)C2=CN2CCc3c([nH]c4ccc(O)cc34)[C@H]12. The Labute approximate surface area is 145 Å². The molecule has 128 valence electrons. The summed E-state index contributed by atoms with van der Waals surface area (Å²) in [6, 6.07) is 5.62. The Morgan fingerprint density at radius 1 is 1.40 bits per heavy atom. The first-order chi connectivity index (χ1) is 12.2. The highest BCUT2D eigenvalue weighted by molar-refractivity contribution is 5.91. The number of hydrogen-bond acceptors (Lipinski definition) is 4. The van der Waals surface area contributed by atoms with Crippen molar-refractivity contribution in [2.45, 2.75) is 25.8 Å². The maximum atomic E-state index is 12.2. The average Bonchev–Trinajstić information content (AvgIpc) is 2.98. The highest BCUT2D eigenvalue weighted by atomic mass is 16.5. The van der Waals surface area contributed by atoms with Crippen molar-refractivity contribution in [1.82, 2.24) is 9.88 Å². The molecule has 0 spiro atoms.